The maximum absolute atomic E-state index is 12.1. The Morgan fingerprint density at radius 2 is 1.60 bits per heavy atom. The van der Waals surface area contributed by atoms with Crippen LogP contribution in [0.2, 0.25) is 0 Å². The fourth-order valence-corrected chi connectivity index (χ4v) is 3.88. The van der Waals surface area contributed by atoms with E-state index in [1.54, 1.807) is 39.2 Å². The molecule has 0 radical (unpaired) electrons. The van der Waals surface area contributed by atoms with Crippen LogP contribution in [0, 0.1) is 0 Å². The summed E-state index contributed by atoms with van der Waals surface area (Å²) in [6.07, 6.45) is 4.88. The van der Waals surface area contributed by atoms with E-state index < -0.39 is 11.7 Å². The number of fused-ring (bicyclic) bond motifs is 3. The van der Waals surface area contributed by atoms with Gasteiger partial charge >= 0.3 is 6.09 Å². The minimum absolute atomic E-state index is 0.144. The Balaban J connectivity index is 1.07. The third-order valence-electron chi connectivity index (χ3n) is 5.68. The van der Waals surface area contributed by atoms with Crippen molar-refractivity contribution in [1.29, 1.82) is 0 Å². The van der Waals surface area contributed by atoms with Gasteiger partial charge in [0.25, 0.3) is 5.91 Å². The molecule has 212 valence electrons. The Labute approximate surface area is 232 Å². The van der Waals surface area contributed by atoms with Crippen LogP contribution in [0.1, 0.15) is 20.8 Å². The zero-order valence-corrected chi connectivity index (χ0v) is 23.0. The zero-order chi connectivity index (χ0) is 28.4. The molecule has 11 nitrogen and oxygen atoms in total. The van der Waals surface area contributed by atoms with E-state index in [1.165, 1.54) is 0 Å². The highest BCUT2D eigenvalue weighted by molar-refractivity contribution is 6.07. The van der Waals surface area contributed by atoms with Gasteiger partial charge in [0.2, 0.25) is 5.88 Å². The Morgan fingerprint density at radius 3 is 2.33 bits per heavy atom. The van der Waals surface area contributed by atoms with Gasteiger partial charge in [-0.3, -0.25) is 9.78 Å². The van der Waals surface area contributed by atoms with Gasteiger partial charge in [0.1, 0.15) is 5.60 Å². The van der Waals surface area contributed by atoms with Gasteiger partial charge in [0, 0.05) is 65.1 Å². The van der Waals surface area contributed by atoms with Crippen molar-refractivity contribution < 1.29 is 28.5 Å². The monoisotopic (exact) mass is 549 g/mol. The number of pyridine rings is 2. The normalized spacial score (nSPS) is 11.5. The van der Waals surface area contributed by atoms with Crippen LogP contribution in [0.25, 0.3) is 32.9 Å². The number of nitrogens with zero attached hydrogens (tertiary/aromatic N) is 2. The second-order valence-electron chi connectivity index (χ2n) is 9.98. The molecule has 0 aliphatic rings. The SMILES string of the molecule is CC(C)(C)OC(=O)NCCOCCOCCNC(=O)COc1ccc(-c2ccc3c(c2)[nH]c2ccncc23)cn1. The molecular formula is C29H35N5O6. The van der Waals surface area contributed by atoms with Crippen molar-refractivity contribution in [2.24, 2.45) is 0 Å². The lowest BCUT2D eigenvalue weighted by Gasteiger charge is -2.19. The molecule has 11 heteroatoms. The summed E-state index contributed by atoms with van der Waals surface area (Å²) in [4.78, 5) is 35.5. The number of aromatic amines is 1. The quantitative estimate of drug-likeness (QED) is 0.214. The van der Waals surface area contributed by atoms with Gasteiger partial charge in [-0.2, -0.15) is 0 Å². The molecular weight excluding hydrogens is 514 g/mol. The molecule has 0 bridgehead atoms. The van der Waals surface area contributed by atoms with Crippen LogP contribution in [-0.4, -0.2) is 78.7 Å². The topological polar surface area (TPSA) is 137 Å². The first-order valence-electron chi connectivity index (χ1n) is 13.1. The molecule has 3 N–H and O–H groups in total. The van der Waals surface area contributed by atoms with E-state index in [2.05, 4.69) is 37.7 Å². The maximum Gasteiger partial charge on any atom is 0.407 e. The Bertz CT molecular complexity index is 1410. The summed E-state index contributed by atoms with van der Waals surface area (Å²) >= 11 is 0. The van der Waals surface area contributed by atoms with E-state index in [0.29, 0.717) is 45.4 Å². The zero-order valence-electron chi connectivity index (χ0n) is 23.0. The summed E-state index contributed by atoms with van der Waals surface area (Å²) in [5.41, 5.74) is 3.51. The van der Waals surface area contributed by atoms with Gasteiger partial charge in [0.15, 0.2) is 6.61 Å². The fraction of sp³-hybridized carbons (Fsp3) is 0.379. The van der Waals surface area contributed by atoms with Gasteiger partial charge < -0.3 is 34.6 Å². The first-order chi connectivity index (χ1) is 19.3. The van der Waals surface area contributed by atoms with Crippen LogP contribution in [0.3, 0.4) is 0 Å². The number of benzene rings is 1. The highest BCUT2D eigenvalue weighted by atomic mass is 16.6. The number of hydrogen-bond donors (Lipinski definition) is 3. The van der Waals surface area contributed by atoms with E-state index in [4.69, 9.17) is 18.9 Å². The van der Waals surface area contributed by atoms with Gasteiger partial charge in [0.05, 0.1) is 26.4 Å². The standard InChI is InChI=1S/C29H35N5O6/c1-29(2,3)40-28(36)32-11-13-38-15-14-37-12-10-31-26(35)19-39-27-7-5-21(17-33-27)20-4-6-22-23-18-30-9-8-24(23)34-25(22)16-20/h4-9,16-18,34H,10-15,19H2,1-3H3,(H,31,35)(H,32,36). The maximum atomic E-state index is 12.1. The molecule has 0 aliphatic heterocycles. The summed E-state index contributed by atoms with van der Waals surface area (Å²) in [5, 5.41) is 7.56. The Hall–Kier alpha value is -4.22. The van der Waals surface area contributed by atoms with E-state index in [1.807, 2.05) is 24.4 Å². The molecule has 4 rings (SSSR count). The molecule has 3 aromatic heterocycles. The Morgan fingerprint density at radius 1 is 0.850 bits per heavy atom. The summed E-state index contributed by atoms with van der Waals surface area (Å²) < 4.78 is 21.5. The predicted octanol–water partition coefficient (Wildman–Crippen LogP) is 3.83. The summed E-state index contributed by atoms with van der Waals surface area (Å²) in [6, 6.07) is 11.8. The molecule has 4 aromatic rings. The molecule has 3 heterocycles. The summed E-state index contributed by atoms with van der Waals surface area (Å²) in [7, 11) is 0. The minimum atomic E-state index is -0.530. The van der Waals surface area contributed by atoms with Gasteiger partial charge in [-0.05, 0) is 44.5 Å². The van der Waals surface area contributed by atoms with Crippen molar-refractivity contribution in [1.82, 2.24) is 25.6 Å². The predicted molar refractivity (Wildman–Crippen MR) is 151 cm³/mol. The van der Waals surface area contributed by atoms with E-state index in [-0.39, 0.29) is 12.5 Å². The molecule has 0 saturated heterocycles. The van der Waals surface area contributed by atoms with Crippen molar-refractivity contribution in [2.75, 3.05) is 46.1 Å². The van der Waals surface area contributed by atoms with E-state index >= 15 is 0 Å². The number of rotatable bonds is 13. The summed E-state index contributed by atoms with van der Waals surface area (Å²) in [5.74, 6) is 0.101. The molecule has 0 saturated carbocycles. The first kappa shape index (κ1) is 28.8. The highest BCUT2D eigenvalue weighted by Gasteiger charge is 2.15. The number of amides is 2. The van der Waals surface area contributed by atoms with Crippen molar-refractivity contribution in [2.45, 2.75) is 26.4 Å². The lowest BCUT2D eigenvalue weighted by Crippen LogP contribution is -2.34. The van der Waals surface area contributed by atoms with Gasteiger partial charge in [-0.1, -0.05) is 12.1 Å². The summed E-state index contributed by atoms with van der Waals surface area (Å²) in [6.45, 7) is 7.41. The molecule has 40 heavy (non-hydrogen) atoms. The van der Waals surface area contributed by atoms with Crippen molar-refractivity contribution >= 4 is 33.8 Å². The number of alkyl carbamates (subject to hydrolysis) is 1. The number of carbonyl (C=O) groups excluding carboxylic acids is 2. The smallest absolute Gasteiger partial charge is 0.407 e. The number of aromatic nitrogens is 3. The highest BCUT2D eigenvalue weighted by Crippen LogP contribution is 2.29. The van der Waals surface area contributed by atoms with Crippen molar-refractivity contribution in [3.8, 4) is 17.0 Å². The van der Waals surface area contributed by atoms with Crippen molar-refractivity contribution in [3.05, 3.63) is 55.0 Å². The van der Waals surface area contributed by atoms with Crippen LogP contribution < -0.4 is 15.4 Å². The average Bonchev–Trinajstić information content (AvgIpc) is 3.30. The third-order valence-corrected chi connectivity index (χ3v) is 5.68. The third kappa shape index (κ3) is 8.65. The molecule has 2 amide bonds. The first-order valence-corrected chi connectivity index (χ1v) is 13.1. The number of carbonyl (C=O) groups is 2. The fourth-order valence-electron chi connectivity index (χ4n) is 3.88. The number of hydrogen-bond acceptors (Lipinski definition) is 8. The van der Waals surface area contributed by atoms with Gasteiger partial charge in [-0.25, -0.2) is 9.78 Å². The largest absolute Gasteiger partial charge is 0.468 e. The second kappa shape index (κ2) is 13.7. The lowest BCUT2D eigenvalue weighted by atomic mass is 10.1. The molecule has 0 aliphatic carbocycles. The lowest BCUT2D eigenvalue weighted by molar-refractivity contribution is -0.123. The van der Waals surface area contributed by atoms with Crippen LogP contribution in [0.5, 0.6) is 5.88 Å². The van der Waals surface area contributed by atoms with E-state index in [0.717, 1.165) is 32.9 Å². The number of ether oxygens (including phenoxy) is 4. The number of H-pyrrole nitrogens is 1. The average molecular weight is 550 g/mol. The van der Waals surface area contributed by atoms with Crippen molar-refractivity contribution in [3.63, 3.8) is 0 Å². The van der Waals surface area contributed by atoms with Gasteiger partial charge in [-0.15, -0.1) is 0 Å². The van der Waals surface area contributed by atoms with Crippen LogP contribution >= 0.6 is 0 Å². The second-order valence-corrected chi connectivity index (χ2v) is 9.98. The molecule has 0 atom stereocenters. The Kier molecular flexibility index (Phi) is 9.87. The molecule has 0 spiro atoms. The number of nitrogens with one attached hydrogen (secondary N) is 3. The molecule has 0 fully saturated rings. The van der Waals surface area contributed by atoms with Crippen LogP contribution in [-0.2, 0) is 19.0 Å². The van der Waals surface area contributed by atoms with Crippen LogP contribution in [0.15, 0.2) is 55.0 Å². The molecule has 1 aromatic carbocycles. The van der Waals surface area contributed by atoms with Crippen LogP contribution in [0.4, 0.5) is 4.79 Å². The molecule has 0 unspecified atom stereocenters. The van der Waals surface area contributed by atoms with E-state index in [9.17, 15) is 9.59 Å². The minimum Gasteiger partial charge on any atom is -0.468 e.